The highest BCUT2D eigenvalue weighted by Crippen LogP contribution is 2.22. The SMILES string of the molecule is COc1ccc2c(c1)sc(=NC(=O)c1ccc([N+](=O)[O-])cc1)n2C. The summed E-state index contributed by atoms with van der Waals surface area (Å²) in [5.74, 6) is 0.289. The Morgan fingerprint density at radius 1 is 1.25 bits per heavy atom. The first-order valence-electron chi connectivity index (χ1n) is 6.96. The number of nitro benzene ring substituents is 1. The van der Waals surface area contributed by atoms with Crippen LogP contribution in [0, 0.1) is 10.1 Å². The number of nitrogens with zero attached hydrogens (tertiary/aromatic N) is 3. The molecule has 3 aromatic rings. The van der Waals surface area contributed by atoms with Crippen LogP contribution in [-0.4, -0.2) is 22.5 Å². The molecule has 0 aliphatic rings. The van der Waals surface area contributed by atoms with E-state index in [0.29, 0.717) is 10.4 Å². The monoisotopic (exact) mass is 343 g/mol. The number of fused-ring (bicyclic) bond motifs is 1. The van der Waals surface area contributed by atoms with Crippen LogP contribution < -0.4 is 9.54 Å². The molecule has 0 aliphatic heterocycles. The number of amides is 1. The van der Waals surface area contributed by atoms with E-state index in [1.807, 2.05) is 29.8 Å². The van der Waals surface area contributed by atoms with E-state index in [-0.39, 0.29) is 5.69 Å². The van der Waals surface area contributed by atoms with Crippen LogP contribution in [0.4, 0.5) is 5.69 Å². The summed E-state index contributed by atoms with van der Waals surface area (Å²) in [6.45, 7) is 0. The standard InChI is InChI=1S/C16H13N3O4S/c1-18-13-8-7-12(23-2)9-14(13)24-16(18)17-15(20)10-3-5-11(6-4-10)19(21)22/h3-9H,1-2H3. The molecule has 0 saturated heterocycles. The van der Waals surface area contributed by atoms with Crippen LogP contribution in [0.25, 0.3) is 10.2 Å². The first-order valence-corrected chi connectivity index (χ1v) is 7.78. The zero-order valence-corrected chi connectivity index (χ0v) is 13.7. The number of non-ortho nitro benzene ring substituents is 1. The van der Waals surface area contributed by atoms with Gasteiger partial charge in [0.25, 0.3) is 11.6 Å². The molecule has 24 heavy (non-hydrogen) atoms. The Morgan fingerprint density at radius 2 is 1.96 bits per heavy atom. The minimum absolute atomic E-state index is 0.0638. The van der Waals surface area contributed by atoms with Gasteiger partial charge in [0, 0.05) is 24.7 Å². The minimum Gasteiger partial charge on any atom is -0.497 e. The van der Waals surface area contributed by atoms with Gasteiger partial charge >= 0.3 is 0 Å². The summed E-state index contributed by atoms with van der Waals surface area (Å²) in [4.78, 5) is 27.1. The van der Waals surface area contributed by atoms with Gasteiger partial charge in [0.15, 0.2) is 4.80 Å². The fraction of sp³-hybridized carbons (Fsp3) is 0.125. The summed E-state index contributed by atoms with van der Waals surface area (Å²) in [7, 11) is 3.42. The third-order valence-electron chi connectivity index (χ3n) is 3.54. The van der Waals surface area contributed by atoms with E-state index in [1.54, 1.807) is 7.11 Å². The Labute approximate surface area is 140 Å². The topological polar surface area (TPSA) is 86.7 Å². The first-order chi connectivity index (χ1) is 11.5. The molecule has 3 rings (SSSR count). The Hall–Kier alpha value is -3.00. The van der Waals surface area contributed by atoms with Crippen LogP contribution in [0.2, 0.25) is 0 Å². The van der Waals surface area contributed by atoms with Gasteiger partial charge in [0.1, 0.15) is 5.75 Å². The lowest BCUT2D eigenvalue weighted by Gasteiger charge is -1.99. The molecular formula is C16H13N3O4S. The van der Waals surface area contributed by atoms with Crippen LogP contribution in [0.15, 0.2) is 47.5 Å². The molecule has 0 fully saturated rings. The molecular weight excluding hydrogens is 330 g/mol. The van der Waals surface area contributed by atoms with E-state index in [0.717, 1.165) is 16.0 Å². The molecule has 2 aromatic carbocycles. The van der Waals surface area contributed by atoms with Gasteiger partial charge in [-0.1, -0.05) is 11.3 Å². The third-order valence-corrected chi connectivity index (χ3v) is 4.63. The van der Waals surface area contributed by atoms with Crippen LogP contribution in [-0.2, 0) is 7.05 Å². The Balaban J connectivity index is 2.01. The number of nitro groups is 1. The molecule has 1 heterocycles. The summed E-state index contributed by atoms with van der Waals surface area (Å²) < 4.78 is 7.97. The number of aryl methyl sites for hydroxylation is 1. The predicted octanol–water partition coefficient (Wildman–Crippen LogP) is 2.90. The summed E-state index contributed by atoms with van der Waals surface area (Å²) in [6.07, 6.45) is 0. The van der Waals surface area contributed by atoms with Gasteiger partial charge in [-0.05, 0) is 30.3 Å². The quantitative estimate of drug-likeness (QED) is 0.540. The van der Waals surface area contributed by atoms with Gasteiger partial charge in [-0.25, -0.2) is 0 Å². The fourth-order valence-electron chi connectivity index (χ4n) is 2.23. The van der Waals surface area contributed by atoms with E-state index < -0.39 is 10.8 Å². The molecule has 122 valence electrons. The smallest absolute Gasteiger partial charge is 0.279 e. The number of methoxy groups -OCH3 is 1. The number of carbonyl (C=O) groups excluding carboxylic acids is 1. The zero-order valence-electron chi connectivity index (χ0n) is 12.9. The Bertz CT molecular complexity index is 1000. The lowest BCUT2D eigenvalue weighted by molar-refractivity contribution is -0.384. The van der Waals surface area contributed by atoms with Crippen molar-refractivity contribution in [3.05, 3.63) is 62.9 Å². The van der Waals surface area contributed by atoms with Gasteiger partial charge in [0.05, 0.1) is 22.2 Å². The van der Waals surface area contributed by atoms with E-state index in [9.17, 15) is 14.9 Å². The highest BCUT2D eigenvalue weighted by molar-refractivity contribution is 7.16. The van der Waals surface area contributed by atoms with E-state index >= 15 is 0 Å². The number of thiazole rings is 1. The molecule has 0 N–H and O–H groups in total. The van der Waals surface area contributed by atoms with Gasteiger partial charge in [0.2, 0.25) is 0 Å². The molecule has 1 aromatic heterocycles. The average molecular weight is 343 g/mol. The van der Waals surface area contributed by atoms with E-state index in [4.69, 9.17) is 4.74 Å². The maximum absolute atomic E-state index is 12.3. The normalized spacial score (nSPS) is 11.7. The van der Waals surface area contributed by atoms with Crippen molar-refractivity contribution in [1.82, 2.24) is 4.57 Å². The number of benzene rings is 2. The fourth-order valence-corrected chi connectivity index (χ4v) is 3.27. The van der Waals surface area contributed by atoms with Crippen molar-refractivity contribution in [3.8, 4) is 5.75 Å². The van der Waals surface area contributed by atoms with Crippen LogP contribution >= 0.6 is 11.3 Å². The van der Waals surface area contributed by atoms with Crippen molar-refractivity contribution >= 4 is 33.1 Å². The molecule has 0 saturated carbocycles. The molecule has 0 atom stereocenters. The number of hydrogen-bond donors (Lipinski definition) is 0. The van der Waals surface area contributed by atoms with Crippen LogP contribution in [0.5, 0.6) is 5.75 Å². The predicted molar refractivity (Wildman–Crippen MR) is 90.3 cm³/mol. The van der Waals surface area contributed by atoms with Crippen molar-refractivity contribution in [2.24, 2.45) is 12.0 Å². The second kappa shape index (κ2) is 6.25. The van der Waals surface area contributed by atoms with Crippen molar-refractivity contribution in [2.75, 3.05) is 7.11 Å². The highest BCUT2D eigenvalue weighted by atomic mass is 32.1. The molecule has 8 heteroatoms. The van der Waals surface area contributed by atoms with Gasteiger partial charge in [-0.2, -0.15) is 4.99 Å². The number of rotatable bonds is 3. The number of aromatic nitrogens is 1. The molecule has 0 unspecified atom stereocenters. The van der Waals surface area contributed by atoms with Gasteiger partial charge in [-0.3, -0.25) is 14.9 Å². The lowest BCUT2D eigenvalue weighted by atomic mass is 10.2. The Kier molecular flexibility index (Phi) is 4.13. The Morgan fingerprint density at radius 3 is 2.58 bits per heavy atom. The number of ether oxygens (including phenoxy) is 1. The zero-order chi connectivity index (χ0) is 17.3. The van der Waals surface area contributed by atoms with E-state index in [2.05, 4.69) is 4.99 Å². The molecule has 0 spiro atoms. The maximum Gasteiger partial charge on any atom is 0.279 e. The lowest BCUT2D eigenvalue weighted by Crippen LogP contribution is -2.13. The van der Waals surface area contributed by atoms with Crippen molar-refractivity contribution < 1.29 is 14.5 Å². The molecule has 0 radical (unpaired) electrons. The third kappa shape index (κ3) is 2.91. The maximum atomic E-state index is 12.3. The molecule has 7 nitrogen and oxygen atoms in total. The molecule has 0 aliphatic carbocycles. The van der Waals surface area contributed by atoms with Crippen molar-refractivity contribution in [2.45, 2.75) is 0 Å². The van der Waals surface area contributed by atoms with Crippen molar-refractivity contribution in [3.63, 3.8) is 0 Å². The summed E-state index contributed by atoms with van der Waals surface area (Å²) in [6, 6.07) is 11.0. The van der Waals surface area contributed by atoms with Crippen LogP contribution in [0.1, 0.15) is 10.4 Å². The number of carbonyl (C=O) groups is 1. The van der Waals surface area contributed by atoms with Crippen molar-refractivity contribution in [1.29, 1.82) is 0 Å². The second-order valence-corrected chi connectivity index (χ2v) is 6.01. The minimum atomic E-state index is -0.509. The number of hydrogen-bond acceptors (Lipinski definition) is 5. The van der Waals surface area contributed by atoms with Gasteiger partial charge < -0.3 is 9.30 Å². The van der Waals surface area contributed by atoms with Gasteiger partial charge in [-0.15, -0.1) is 0 Å². The summed E-state index contributed by atoms with van der Waals surface area (Å²) in [5.41, 5.74) is 1.18. The largest absolute Gasteiger partial charge is 0.497 e. The average Bonchev–Trinajstić information content (AvgIpc) is 2.90. The van der Waals surface area contributed by atoms with E-state index in [1.165, 1.54) is 35.6 Å². The molecule has 1 amide bonds. The highest BCUT2D eigenvalue weighted by Gasteiger charge is 2.10. The van der Waals surface area contributed by atoms with Crippen LogP contribution in [0.3, 0.4) is 0 Å². The second-order valence-electron chi connectivity index (χ2n) is 5.00. The summed E-state index contributed by atoms with van der Waals surface area (Å²) >= 11 is 1.37. The molecule has 0 bridgehead atoms. The first kappa shape index (κ1) is 15.9. The summed E-state index contributed by atoms with van der Waals surface area (Å²) in [5, 5.41) is 10.7.